The summed E-state index contributed by atoms with van der Waals surface area (Å²) in [5.74, 6) is -1.63. The number of nitro groups is 1. The zero-order valence-electron chi connectivity index (χ0n) is 11.2. The molecule has 2 unspecified atom stereocenters. The lowest BCUT2D eigenvalue weighted by Crippen LogP contribution is -2.45. The van der Waals surface area contributed by atoms with Crippen LogP contribution in [-0.2, 0) is 0 Å². The van der Waals surface area contributed by atoms with E-state index in [1.54, 1.807) is 0 Å². The van der Waals surface area contributed by atoms with E-state index in [1.165, 1.54) is 0 Å². The van der Waals surface area contributed by atoms with E-state index < -0.39 is 34.5 Å². The Balaban J connectivity index is 2.24. The Morgan fingerprint density at radius 2 is 2.10 bits per heavy atom. The van der Waals surface area contributed by atoms with E-state index in [-0.39, 0.29) is 11.3 Å². The summed E-state index contributed by atoms with van der Waals surface area (Å²) in [6, 6.07) is 1.07. The van der Waals surface area contributed by atoms with Gasteiger partial charge >= 0.3 is 0 Å². The van der Waals surface area contributed by atoms with Gasteiger partial charge in [-0.05, 0) is 18.9 Å². The van der Waals surface area contributed by atoms with E-state index in [2.05, 4.69) is 5.32 Å². The molecule has 0 saturated heterocycles. The Kier molecular flexibility index (Phi) is 4.37. The molecule has 2 rings (SSSR count). The fourth-order valence-electron chi connectivity index (χ4n) is 2.47. The third-order valence-electron chi connectivity index (χ3n) is 3.61. The quantitative estimate of drug-likeness (QED) is 0.442. The second-order valence-electron chi connectivity index (χ2n) is 5.08. The first-order chi connectivity index (χ1) is 9.90. The number of halogens is 1. The number of amides is 1. The van der Waals surface area contributed by atoms with Crippen molar-refractivity contribution in [1.29, 1.82) is 0 Å². The van der Waals surface area contributed by atoms with Crippen LogP contribution in [0.4, 0.5) is 15.8 Å². The van der Waals surface area contributed by atoms with Crippen LogP contribution in [0.25, 0.3) is 0 Å². The fourth-order valence-corrected chi connectivity index (χ4v) is 2.47. The molecular weight excluding hydrogens is 281 g/mol. The van der Waals surface area contributed by atoms with Crippen molar-refractivity contribution in [2.24, 2.45) is 0 Å². The number of aliphatic hydroxyl groups excluding tert-OH is 1. The predicted octanol–water partition coefficient (Wildman–Crippen LogP) is 1.35. The largest absolute Gasteiger partial charge is 0.393 e. The third-order valence-corrected chi connectivity index (χ3v) is 3.61. The van der Waals surface area contributed by atoms with Gasteiger partial charge in [0.05, 0.1) is 28.7 Å². The van der Waals surface area contributed by atoms with Gasteiger partial charge in [-0.25, -0.2) is 4.39 Å². The SMILES string of the molecule is Nc1c(C(=O)NC2CCCCC2O)cc(F)cc1[N+](=O)[O-]. The lowest BCUT2D eigenvalue weighted by atomic mass is 9.92. The van der Waals surface area contributed by atoms with E-state index >= 15 is 0 Å². The summed E-state index contributed by atoms with van der Waals surface area (Å²) in [5, 5.41) is 23.1. The van der Waals surface area contributed by atoms with Crippen molar-refractivity contribution in [3.05, 3.63) is 33.6 Å². The number of aliphatic hydroxyl groups is 1. The molecule has 21 heavy (non-hydrogen) atoms. The molecule has 1 saturated carbocycles. The first-order valence-corrected chi connectivity index (χ1v) is 6.62. The van der Waals surface area contributed by atoms with E-state index in [9.17, 15) is 24.4 Å². The molecule has 0 radical (unpaired) electrons. The molecule has 1 amide bonds. The highest BCUT2D eigenvalue weighted by atomic mass is 19.1. The summed E-state index contributed by atoms with van der Waals surface area (Å²) >= 11 is 0. The van der Waals surface area contributed by atoms with Crippen molar-refractivity contribution in [3.63, 3.8) is 0 Å². The van der Waals surface area contributed by atoms with E-state index in [4.69, 9.17) is 5.73 Å². The number of nitrogen functional groups attached to an aromatic ring is 1. The lowest BCUT2D eigenvalue weighted by Gasteiger charge is -2.28. The van der Waals surface area contributed by atoms with Gasteiger partial charge in [-0.2, -0.15) is 0 Å². The molecule has 7 nitrogen and oxygen atoms in total. The number of hydrogen-bond donors (Lipinski definition) is 3. The van der Waals surface area contributed by atoms with Gasteiger partial charge in [0.2, 0.25) is 0 Å². The van der Waals surface area contributed by atoms with E-state index in [0.717, 1.165) is 18.9 Å². The average molecular weight is 297 g/mol. The summed E-state index contributed by atoms with van der Waals surface area (Å²) < 4.78 is 13.4. The number of hydrogen-bond acceptors (Lipinski definition) is 5. The van der Waals surface area contributed by atoms with Crippen molar-refractivity contribution in [2.75, 3.05) is 5.73 Å². The van der Waals surface area contributed by atoms with Gasteiger partial charge < -0.3 is 16.2 Å². The third kappa shape index (κ3) is 3.27. The number of nitrogens with two attached hydrogens (primary N) is 1. The van der Waals surface area contributed by atoms with Gasteiger partial charge in [0, 0.05) is 0 Å². The minimum absolute atomic E-state index is 0.292. The maximum absolute atomic E-state index is 13.4. The van der Waals surface area contributed by atoms with Gasteiger partial charge in [0.25, 0.3) is 11.6 Å². The van der Waals surface area contributed by atoms with Crippen LogP contribution in [0.15, 0.2) is 12.1 Å². The molecule has 4 N–H and O–H groups in total. The summed E-state index contributed by atoms with van der Waals surface area (Å²) in [6.45, 7) is 0. The van der Waals surface area contributed by atoms with Gasteiger partial charge in [-0.1, -0.05) is 12.8 Å². The maximum atomic E-state index is 13.4. The van der Waals surface area contributed by atoms with Crippen molar-refractivity contribution in [2.45, 2.75) is 37.8 Å². The van der Waals surface area contributed by atoms with Crippen molar-refractivity contribution < 1.29 is 19.2 Å². The molecule has 1 aromatic carbocycles. The molecule has 0 spiro atoms. The molecule has 114 valence electrons. The lowest BCUT2D eigenvalue weighted by molar-refractivity contribution is -0.384. The van der Waals surface area contributed by atoms with Crippen LogP contribution in [0.2, 0.25) is 0 Å². The molecule has 2 atom stereocenters. The Labute approximate surface area is 120 Å². The van der Waals surface area contributed by atoms with Crippen molar-refractivity contribution >= 4 is 17.3 Å². The standard InChI is InChI=1S/C13H16FN3O4/c14-7-5-8(12(15)10(6-7)17(20)21)13(19)16-9-3-1-2-4-11(9)18/h5-6,9,11,18H,1-4,15H2,(H,16,19). The zero-order chi connectivity index (χ0) is 15.6. The highest BCUT2D eigenvalue weighted by Gasteiger charge is 2.27. The van der Waals surface area contributed by atoms with Crippen molar-refractivity contribution in [1.82, 2.24) is 5.32 Å². The van der Waals surface area contributed by atoms with Crippen LogP contribution in [0.3, 0.4) is 0 Å². The number of nitro benzene ring substituents is 1. The molecule has 1 aliphatic rings. The Morgan fingerprint density at radius 1 is 1.43 bits per heavy atom. The van der Waals surface area contributed by atoms with Gasteiger partial charge in [0.15, 0.2) is 0 Å². The second kappa shape index (κ2) is 6.04. The Morgan fingerprint density at radius 3 is 2.71 bits per heavy atom. The summed E-state index contributed by atoms with van der Waals surface area (Å²) in [6.07, 6.45) is 2.24. The average Bonchev–Trinajstić information content (AvgIpc) is 2.43. The predicted molar refractivity (Wildman–Crippen MR) is 73.2 cm³/mol. The van der Waals surface area contributed by atoms with Crippen LogP contribution in [-0.4, -0.2) is 28.1 Å². The monoisotopic (exact) mass is 297 g/mol. The van der Waals surface area contributed by atoms with Crippen LogP contribution in [0.5, 0.6) is 0 Å². The summed E-state index contributed by atoms with van der Waals surface area (Å²) in [4.78, 5) is 22.1. The zero-order valence-corrected chi connectivity index (χ0v) is 11.2. The molecule has 1 aliphatic carbocycles. The number of carbonyl (C=O) groups is 1. The molecular formula is C13H16FN3O4. The smallest absolute Gasteiger partial charge is 0.295 e. The minimum Gasteiger partial charge on any atom is -0.393 e. The van der Waals surface area contributed by atoms with E-state index in [0.29, 0.717) is 18.9 Å². The van der Waals surface area contributed by atoms with Crippen LogP contribution in [0.1, 0.15) is 36.0 Å². The second-order valence-corrected chi connectivity index (χ2v) is 5.08. The van der Waals surface area contributed by atoms with Gasteiger partial charge in [-0.3, -0.25) is 14.9 Å². The molecule has 8 heteroatoms. The Bertz CT molecular complexity index is 579. The number of nitrogens with zero attached hydrogens (tertiary/aromatic N) is 1. The van der Waals surface area contributed by atoms with Crippen LogP contribution < -0.4 is 11.1 Å². The highest BCUT2D eigenvalue weighted by Crippen LogP contribution is 2.27. The molecule has 1 aromatic rings. The first-order valence-electron chi connectivity index (χ1n) is 6.62. The van der Waals surface area contributed by atoms with Gasteiger partial charge in [-0.15, -0.1) is 0 Å². The molecule has 0 bridgehead atoms. The van der Waals surface area contributed by atoms with Crippen LogP contribution >= 0.6 is 0 Å². The number of carbonyl (C=O) groups excluding carboxylic acids is 1. The fraction of sp³-hybridized carbons (Fsp3) is 0.462. The number of nitrogens with one attached hydrogen (secondary N) is 1. The molecule has 0 aromatic heterocycles. The highest BCUT2D eigenvalue weighted by molar-refractivity contribution is 6.01. The number of anilines is 1. The summed E-state index contributed by atoms with van der Waals surface area (Å²) in [7, 11) is 0. The summed E-state index contributed by atoms with van der Waals surface area (Å²) in [5.41, 5.74) is 4.24. The molecule has 0 aliphatic heterocycles. The number of benzene rings is 1. The topological polar surface area (TPSA) is 118 Å². The first kappa shape index (κ1) is 15.2. The van der Waals surface area contributed by atoms with Gasteiger partial charge in [0.1, 0.15) is 11.5 Å². The molecule has 1 fully saturated rings. The normalized spacial score (nSPS) is 21.8. The van der Waals surface area contributed by atoms with Crippen LogP contribution in [0, 0.1) is 15.9 Å². The number of rotatable bonds is 3. The minimum atomic E-state index is -0.912. The van der Waals surface area contributed by atoms with Crippen molar-refractivity contribution in [3.8, 4) is 0 Å². The van der Waals surface area contributed by atoms with E-state index in [1.807, 2.05) is 0 Å². The molecule has 0 heterocycles. The Hall–Kier alpha value is -2.22. The maximum Gasteiger partial charge on any atom is 0.295 e.